The molecule has 2 aromatic carbocycles. The highest BCUT2D eigenvalue weighted by molar-refractivity contribution is 5.99. The van der Waals surface area contributed by atoms with Gasteiger partial charge in [0.25, 0.3) is 0 Å². The molecule has 0 unspecified atom stereocenters. The number of rotatable bonds is 1. The standard InChI is InChI=1S/C19H12O7/c1-8-3-2-4-12-14(8)17(23)15(19(24)25-12)10-7-11(20)9-5-6-13(21)26-18(9)16(10)22/h2-7,20,22-23H,1H3. The Bertz CT molecular complexity index is 1310. The molecule has 0 aliphatic rings. The summed E-state index contributed by atoms with van der Waals surface area (Å²) in [6, 6.07) is 8.41. The summed E-state index contributed by atoms with van der Waals surface area (Å²) in [4.78, 5) is 23.9. The number of phenolic OH excluding ortho intramolecular Hbond substituents is 2. The second-order valence-electron chi connectivity index (χ2n) is 5.85. The molecule has 0 bridgehead atoms. The maximum atomic E-state index is 12.4. The minimum atomic E-state index is -0.909. The van der Waals surface area contributed by atoms with Gasteiger partial charge in [0.05, 0.1) is 10.8 Å². The molecule has 2 aromatic heterocycles. The number of hydrogen-bond acceptors (Lipinski definition) is 7. The van der Waals surface area contributed by atoms with Crippen molar-refractivity contribution in [2.24, 2.45) is 0 Å². The molecule has 7 nitrogen and oxygen atoms in total. The van der Waals surface area contributed by atoms with Crippen molar-refractivity contribution in [3.05, 3.63) is 62.8 Å². The van der Waals surface area contributed by atoms with E-state index >= 15 is 0 Å². The van der Waals surface area contributed by atoms with Crippen molar-refractivity contribution >= 4 is 21.9 Å². The van der Waals surface area contributed by atoms with Crippen LogP contribution < -0.4 is 11.3 Å². The molecule has 7 heteroatoms. The molecule has 0 atom stereocenters. The minimum absolute atomic E-state index is 0.0895. The average molecular weight is 352 g/mol. The molecule has 0 aliphatic carbocycles. The molecule has 0 aliphatic heterocycles. The van der Waals surface area contributed by atoms with Crippen LogP contribution in [-0.4, -0.2) is 15.3 Å². The fraction of sp³-hybridized carbons (Fsp3) is 0.0526. The molecular weight excluding hydrogens is 340 g/mol. The van der Waals surface area contributed by atoms with Crippen molar-refractivity contribution in [1.82, 2.24) is 0 Å². The van der Waals surface area contributed by atoms with E-state index < -0.39 is 22.8 Å². The second-order valence-corrected chi connectivity index (χ2v) is 5.85. The lowest BCUT2D eigenvalue weighted by molar-refractivity contribution is 0.447. The Labute approximate surface area is 145 Å². The SMILES string of the molecule is Cc1cccc2oc(=O)c(-c3cc(O)c4ccc(=O)oc4c3O)c(O)c12. The Morgan fingerprint density at radius 3 is 2.46 bits per heavy atom. The topological polar surface area (TPSA) is 121 Å². The third kappa shape index (κ3) is 2.14. The van der Waals surface area contributed by atoms with E-state index in [1.807, 2.05) is 0 Å². The Kier molecular flexibility index (Phi) is 3.27. The molecule has 4 rings (SSSR count). The van der Waals surface area contributed by atoms with Gasteiger partial charge in [-0.3, -0.25) is 0 Å². The van der Waals surface area contributed by atoms with E-state index in [4.69, 9.17) is 8.83 Å². The Morgan fingerprint density at radius 1 is 0.923 bits per heavy atom. The van der Waals surface area contributed by atoms with Crippen LogP contribution in [0.25, 0.3) is 33.1 Å². The summed E-state index contributed by atoms with van der Waals surface area (Å²) in [5.41, 5.74) is -1.65. The molecule has 0 amide bonds. The van der Waals surface area contributed by atoms with Crippen LogP contribution in [0.15, 0.2) is 54.8 Å². The Balaban J connectivity index is 2.17. The maximum Gasteiger partial charge on any atom is 0.348 e. The first-order chi connectivity index (χ1) is 12.4. The zero-order valence-electron chi connectivity index (χ0n) is 13.4. The number of fused-ring (bicyclic) bond motifs is 2. The molecule has 3 N–H and O–H groups in total. The predicted molar refractivity (Wildman–Crippen MR) is 93.7 cm³/mol. The van der Waals surface area contributed by atoms with E-state index in [2.05, 4.69) is 0 Å². The summed E-state index contributed by atoms with van der Waals surface area (Å²) >= 11 is 0. The van der Waals surface area contributed by atoms with Crippen LogP contribution in [0.1, 0.15) is 5.56 Å². The lowest BCUT2D eigenvalue weighted by atomic mass is 9.99. The minimum Gasteiger partial charge on any atom is -0.507 e. The quantitative estimate of drug-likeness (QED) is 0.356. The zero-order valence-corrected chi connectivity index (χ0v) is 13.4. The summed E-state index contributed by atoms with van der Waals surface area (Å²) in [6.07, 6.45) is 0. The lowest BCUT2D eigenvalue weighted by Crippen LogP contribution is -2.05. The van der Waals surface area contributed by atoms with E-state index in [1.165, 1.54) is 12.1 Å². The smallest absolute Gasteiger partial charge is 0.348 e. The van der Waals surface area contributed by atoms with Crippen LogP contribution in [0.4, 0.5) is 0 Å². The van der Waals surface area contributed by atoms with Gasteiger partial charge in [0, 0.05) is 11.6 Å². The van der Waals surface area contributed by atoms with Crippen LogP contribution >= 0.6 is 0 Å². The van der Waals surface area contributed by atoms with Crippen molar-refractivity contribution in [2.75, 3.05) is 0 Å². The zero-order chi connectivity index (χ0) is 18.6. The van der Waals surface area contributed by atoms with Crippen molar-refractivity contribution < 1.29 is 24.2 Å². The monoisotopic (exact) mass is 352 g/mol. The first-order valence-electron chi connectivity index (χ1n) is 7.63. The van der Waals surface area contributed by atoms with Gasteiger partial charge in [0.15, 0.2) is 11.3 Å². The van der Waals surface area contributed by atoms with Crippen molar-refractivity contribution in [2.45, 2.75) is 6.92 Å². The fourth-order valence-electron chi connectivity index (χ4n) is 3.03. The molecule has 130 valence electrons. The molecule has 4 aromatic rings. The van der Waals surface area contributed by atoms with Crippen molar-refractivity contribution in [3.8, 4) is 28.4 Å². The molecular formula is C19H12O7. The van der Waals surface area contributed by atoms with E-state index in [0.717, 1.165) is 12.1 Å². The summed E-state index contributed by atoms with van der Waals surface area (Å²) in [7, 11) is 0. The van der Waals surface area contributed by atoms with Gasteiger partial charge in [-0.25, -0.2) is 9.59 Å². The molecule has 2 heterocycles. The van der Waals surface area contributed by atoms with Gasteiger partial charge in [-0.05, 0) is 30.7 Å². The average Bonchev–Trinajstić information content (AvgIpc) is 2.58. The van der Waals surface area contributed by atoms with Crippen LogP contribution in [0.2, 0.25) is 0 Å². The van der Waals surface area contributed by atoms with Crippen LogP contribution in [0.3, 0.4) is 0 Å². The first-order valence-corrected chi connectivity index (χ1v) is 7.63. The molecule has 0 saturated carbocycles. The molecule has 0 fully saturated rings. The summed E-state index contributed by atoms with van der Waals surface area (Å²) in [5.74, 6) is -1.30. The van der Waals surface area contributed by atoms with Gasteiger partial charge in [-0.1, -0.05) is 12.1 Å². The van der Waals surface area contributed by atoms with E-state index in [-0.39, 0.29) is 33.4 Å². The molecule has 0 spiro atoms. The van der Waals surface area contributed by atoms with Gasteiger partial charge >= 0.3 is 11.3 Å². The van der Waals surface area contributed by atoms with Gasteiger partial charge < -0.3 is 24.2 Å². The van der Waals surface area contributed by atoms with Gasteiger partial charge in [-0.15, -0.1) is 0 Å². The second kappa shape index (κ2) is 5.38. The third-order valence-electron chi connectivity index (χ3n) is 4.24. The van der Waals surface area contributed by atoms with E-state index in [0.29, 0.717) is 10.9 Å². The summed E-state index contributed by atoms with van der Waals surface area (Å²) in [6.45, 7) is 1.72. The van der Waals surface area contributed by atoms with Crippen molar-refractivity contribution in [1.29, 1.82) is 0 Å². The number of benzene rings is 2. The fourth-order valence-corrected chi connectivity index (χ4v) is 3.03. The Hall–Kier alpha value is -3.74. The van der Waals surface area contributed by atoms with Crippen LogP contribution in [0.5, 0.6) is 17.2 Å². The van der Waals surface area contributed by atoms with Gasteiger partial charge in [-0.2, -0.15) is 0 Å². The number of aromatic hydroxyl groups is 3. The predicted octanol–water partition coefficient (Wildman–Crippen LogP) is 2.99. The van der Waals surface area contributed by atoms with E-state index in [9.17, 15) is 24.9 Å². The molecule has 0 radical (unpaired) electrons. The number of phenols is 2. The highest BCUT2D eigenvalue weighted by Gasteiger charge is 2.23. The highest BCUT2D eigenvalue weighted by Crippen LogP contribution is 2.43. The third-order valence-corrected chi connectivity index (χ3v) is 4.24. The molecule has 0 saturated heterocycles. The molecule has 26 heavy (non-hydrogen) atoms. The first kappa shape index (κ1) is 15.8. The number of aryl methyl sites for hydroxylation is 1. The van der Waals surface area contributed by atoms with Gasteiger partial charge in [0.2, 0.25) is 0 Å². The summed E-state index contributed by atoms with van der Waals surface area (Å²) < 4.78 is 10.2. The van der Waals surface area contributed by atoms with E-state index in [1.54, 1.807) is 19.1 Å². The highest BCUT2D eigenvalue weighted by atomic mass is 16.4. The Morgan fingerprint density at radius 2 is 1.69 bits per heavy atom. The number of hydrogen-bond donors (Lipinski definition) is 3. The van der Waals surface area contributed by atoms with Crippen LogP contribution in [-0.2, 0) is 0 Å². The maximum absolute atomic E-state index is 12.4. The summed E-state index contributed by atoms with van der Waals surface area (Å²) in [5, 5.41) is 31.8. The normalized spacial score (nSPS) is 11.3. The van der Waals surface area contributed by atoms with Gasteiger partial charge in [0.1, 0.15) is 22.6 Å². The van der Waals surface area contributed by atoms with Crippen LogP contribution in [0, 0.1) is 6.92 Å². The lowest BCUT2D eigenvalue weighted by Gasteiger charge is -2.11. The van der Waals surface area contributed by atoms with Crippen molar-refractivity contribution in [3.63, 3.8) is 0 Å². The largest absolute Gasteiger partial charge is 0.507 e.